The van der Waals surface area contributed by atoms with E-state index in [1.807, 2.05) is 0 Å². The Hall–Kier alpha value is -1.24. The molecule has 1 aromatic rings. The largest absolute Gasteiger partial charge is 0.391 e. The molecule has 0 saturated carbocycles. The smallest absolute Gasteiger partial charge is 0.368 e. The van der Waals surface area contributed by atoms with Gasteiger partial charge >= 0.3 is 6.18 Å². The van der Waals surface area contributed by atoms with E-state index >= 15 is 0 Å². The van der Waals surface area contributed by atoms with Gasteiger partial charge in [-0.1, -0.05) is 11.6 Å². The molecule has 8 heteroatoms. The highest BCUT2D eigenvalue weighted by atomic mass is 35.5. The van der Waals surface area contributed by atoms with E-state index in [9.17, 15) is 13.2 Å². The van der Waals surface area contributed by atoms with Crippen molar-refractivity contribution in [3.05, 3.63) is 11.2 Å². The fourth-order valence-corrected chi connectivity index (χ4v) is 2.20. The van der Waals surface area contributed by atoms with Crippen molar-refractivity contribution in [1.29, 1.82) is 0 Å². The Morgan fingerprint density at radius 1 is 1.28 bits per heavy atom. The number of hydrogen-bond acceptors (Lipinski definition) is 4. The molecule has 100 valence electrons. The number of nitrogen functional groups attached to an aromatic ring is 1. The number of nitrogens with two attached hydrogens (primary N) is 1. The van der Waals surface area contributed by atoms with Crippen LogP contribution in [0.25, 0.3) is 0 Å². The van der Waals surface area contributed by atoms with Crippen LogP contribution in [0.2, 0.25) is 5.15 Å². The van der Waals surface area contributed by atoms with Crippen LogP contribution in [0.15, 0.2) is 6.07 Å². The third-order valence-corrected chi connectivity index (χ3v) is 3.17. The van der Waals surface area contributed by atoms with Crippen LogP contribution < -0.4 is 10.6 Å². The van der Waals surface area contributed by atoms with Crippen molar-refractivity contribution in [2.24, 2.45) is 5.92 Å². The summed E-state index contributed by atoms with van der Waals surface area (Å²) in [6, 6.07) is 1.51. The van der Waals surface area contributed by atoms with E-state index in [-0.39, 0.29) is 37.0 Å². The van der Waals surface area contributed by atoms with Crippen molar-refractivity contribution in [2.75, 3.05) is 23.7 Å². The van der Waals surface area contributed by atoms with Gasteiger partial charge in [0.1, 0.15) is 11.0 Å². The minimum absolute atomic E-state index is 0.0236. The van der Waals surface area contributed by atoms with Crippen molar-refractivity contribution >= 4 is 23.4 Å². The predicted octanol–water partition coefficient (Wildman–Crippen LogP) is 2.49. The first-order chi connectivity index (χ1) is 8.36. The van der Waals surface area contributed by atoms with E-state index in [0.717, 1.165) is 0 Å². The maximum absolute atomic E-state index is 12.5. The van der Waals surface area contributed by atoms with Gasteiger partial charge < -0.3 is 10.6 Å². The van der Waals surface area contributed by atoms with E-state index in [2.05, 4.69) is 9.97 Å². The average Bonchev–Trinajstić information content (AvgIpc) is 2.27. The third kappa shape index (κ3) is 2.95. The highest BCUT2D eigenvalue weighted by Gasteiger charge is 2.41. The van der Waals surface area contributed by atoms with Gasteiger partial charge in [0.25, 0.3) is 0 Å². The number of halogens is 4. The van der Waals surface area contributed by atoms with Crippen LogP contribution in [-0.2, 0) is 0 Å². The minimum Gasteiger partial charge on any atom is -0.368 e. The number of alkyl halides is 3. The zero-order valence-corrected chi connectivity index (χ0v) is 10.2. The Kier molecular flexibility index (Phi) is 3.52. The van der Waals surface area contributed by atoms with E-state index in [1.165, 1.54) is 6.07 Å². The first-order valence-electron chi connectivity index (χ1n) is 5.48. The second-order valence-electron chi connectivity index (χ2n) is 4.21. The lowest BCUT2D eigenvalue weighted by Gasteiger charge is -2.33. The molecule has 2 heterocycles. The lowest BCUT2D eigenvalue weighted by atomic mass is 9.96. The molecule has 1 aliphatic heterocycles. The summed E-state index contributed by atoms with van der Waals surface area (Å²) in [5.41, 5.74) is 5.45. The lowest BCUT2D eigenvalue weighted by molar-refractivity contribution is -0.179. The summed E-state index contributed by atoms with van der Waals surface area (Å²) >= 11 is 5.73. The molecule has 0 aromatic carbocycles. The molecule has 2 N–H and O–H groups in total. The van der Waals surface area contributed by atoms with Gasteiger partial charge in [-0.15, -0.1) is 0 Å². The molecule has 0 unspecified atom stereocenters. The Balaban J connectivity index is 2.05. The number of aromatic nitrogens is 2. The number of rotatable bonds is 1. The number of nitrogens with zero attached hydrogens (tertiary/aromatic N) is 3. The van der Waals surface area contributed by atoms with Crippen molar-refractivity contribution in [3.63, 3.8) is 0 Å². The van der Waals surface area contributed by atoms with Crippen LogP contribution >= 0.6 is 11.6 Å². The Morgan fingerprint density at radius 2 is 1.89 bits per heavy atom. The van der Waals surface area contributed by atoms with Crippen LogP contribution in [-0.4, -0.2) is 29.2 Å². The molecule has 1 aromatic heterocycles. The Bertz CT molecular complexity index is 409. The lowest BCUT2D eigenvalue weighted by Crippen LogP contribution is -2.39. The van der Waals surface area contributed by atoms with E-state index in [0.29, 0.717) is 5.82 Å². The summed E-state index contributed by atoms with van der Waals surface area (Å²) in [6.45, 7) is 0.577. The normalized spacial score (nSPS) is 18.1. The molecule has 18 heavy (non-hydrogen) atoms. The standard InChI is InChI=1S/C10H12ClF3N4/c11-7-5-8(17-9(15)16-7)18-3-1-6(2-4-18)10(12,13)14/h5-6H,1-4H2,(H2,15,16,17). The molecule has 1 aliphatic rings. The van der Waals surface area contributed by atoms with Gasteiger partial charge in [-0.25, -0.2) is 4.98 Å². The monoisotopic (exact) mass is 280 g/mol. The number of piperidine rings is 1. The van der Waals surface area contributed by atoms with Gasteiger partial charge in [-0.2, -0.15) is 18.2 Å². The van der Waals surface area contributed by atoms with Gasteiger partial charge in [0, 0.05) is 19.2 Å². The van der Waals surface area contributed by atoms with Crippen molar-refractivity contribution in [1.82, 2.24) is 9.97 Å². The quantitative estimate of drug-likeness (QED) is 0.803. The summed E-state index contributed by atoms with van der Waals surface area (Å²) in [6.07, 6.45) is -4.00. The van der Waals surface area contributed by atoms with Crippen LogP contribution in [0.4, 0.5) is 24.9 Å². The summed E-state index contributed by atoms with van der Waals surface area (Å²) in [5.74, 6) is -0.730. The summed E-state index contributed by atoms with van der Waals surface area (Å²) in [4.78, 5) is 9.42. The molecule has 2 rings (SSSR count). The van der Waals surface area contributed by atoms with Gasteiger partial charge in [0.2, 0.25) is 5.95 Å². The van der Waals surface area contributed by atoms with Crippen LogP contribution in [0.5, 0.6) is 0 Å². The third-order valence-electron chi connectivity index (χ3n) is 2.98. The van der Waals surface area contributed by atoms with E-state index < -0.39 is 12.1 Å². The predicted molar refractivity (Wildman–Crippen MR) is 62.4 cm³/mol. The molecule has 1 fully saturated rings. The highest BCUT2D eigenvalue weighted by molar-refractivity contribution is 6.29. The molecule has 0 bridgehead atoms. The summed E-state index contributed by atoms with van der Waals surface area (Å²) in [7, 11) is 0. The number of hydrogen-bond donors (Lipinski definition) is 1. The molecule has 1 saturated heterocycles. The number of anilines is 2. The van der Waals surface area contributed by atoms with E-state index in [4.69, 9.17) is 17.3 Å². The molecule has 0 aliphatic carbocycles. The highest BCUT2D eigenvalue weighted by Crippen LogP contribution is 2.35. The van der Waals surface area contributed by atoms with Gasteiger partial charge in [-0.05, 0) is 12.8 Å². The second-order valence-corrected chi connectivity index (χ2v) is 4.60. The maximum Gasteiger partial charge on any atom is 0.391 e. The van der Waals surface area contributed by atoms with Crippen molar-refractivity contribution in [3.8, 4) is 0 Å². The van der Waals surface area contributed by atoms with Crippen molar-refractivity contribution < 1.29 is 13.2 Å². The van der Waals surface area contributed by atoms with Crippen molar-refractivity contribution in [2.45, 2.75) is 19.0 Å². The molecule has 0 atom stereocenters. The fourth-order valence-electron chi connectivity index (χ4n) is 2.02. The maximum atomic E-state index is 12.5. The van der Waals surface area contributed by atoms with Gasteiger partial charge in [-0.3, -0.25) is 0 Å². The molecule has 0 amide bonds. The van der Waals surface area contributed by atoms with Crippen LogP contribution in [0.3, 0.4) is 0 Å². The first-order valence-corrected chi connectivity index (χ1v) is 5.86. The molecule has 4 nitrogen and oxygen atoms in total. The second kappa shape index (κ2) is 4.79. The Morgan fingerprint density at radius 3 is 2.39 bits per heavy atom. The minimum atomic E-state index is -4.12. The zero-order valence-electron chi connectivity index (χ0n) is 9.41. The molecular formula is C10H12ClF3N4. The summed E-state index contributed by atoms with van der Waals surface area (Å²) < 4.78 is 37.5. The average molecular weight is 281 g/mol. The van der Waals surface area contributed by atoms with E-state index in [1.54, 1.807) is 4.90 Å². The van der Waals surface area contributed by atoms with Crippen LogP contribution in [0, 0.1) is 5.92 Å². The first kappa shape index (κ1) is 13.2. The topological polar surface area (TPSA) is 55.0 Å². The zero-order chi connectivity index (χ0) is 13.3. The fraction of sp³-hybridized carbons (Fsp3) is 0.600. The Labute approximate surface area is 107 Å². The SMILES string of the molecule is Nc1nc(Cl)cc(N2CCC(C(F)(F)F)CC2)n1. The molecule has 0 spiro atoms. The molecular weight excluding hydrogens is 269 g/mol. The van der Waals surface area contributed by atoms with Gasteiger partial charge in [0.05, 0.1) is 5.92 Å². The summed E-state index contributed by atoms with van der Waals surface area (Å²) in [5, 5.41) is 0.190. The molecule has 0 radical (unpaired) electrons. The van der Waals surface area contributed by atoms with Crippen LogP contribution in [0.1, 0.15) is 12.8 Å². The van der Waals surface area contributed by atoms with Gasteiger partial charge in [0.15, 0.2) is 0 Å².